The average molecular weight is 283 g/mol. The lowest BCUT2D eigenvalue weighted by molar-refractivity contribution is -0.138. The molecule has 4 nitrogen and oxygen atoms in total. The van der Waals surface area contributed by atoms with E-state index in [0.29, 0.717) is 0 Å². The highest BCUT2D eigenvalue weighted by atomic mass is 32.2. The van der Waals surface area contributed by atoms with Gasteiger partial charge in [0.1, 0.15) is 0 Å². The molecule has 1 aromatic carbocycles. The summed E-state index contributed by atoms with van der Waals surface area (Å²) >= 11 is 0. The molecular weight excluding hydrogens is 271 g/mol. The summed E-state index contributed by atoms with van der Waals surface area (Å²) in [6.07, 6.45) is -4.60. The predicted molar refractivity (Wildman–Crippen MR) is 58.5 cm³/mol. The molecule has 0 saturated carbocycles. The van der Waals surface area contributed by atoms with Crippen molar-refractivity contribution in [2.24, 2.45) is 0 Å². The molecule has 0 spiro atoms. The molecule has 0 heterocycles. The zero-order valence-corrected chi connectivity index (χ0v) is 10.3. The van der Waals surface area contributed by atoms with Crippen molar-refractivity contribution in [1.29, 1.82) is 0 Å². The summed E-state index contributed by atoms with van der Waals surface area (Å²) in [7, 11) is -4.05. The number of benzene rings is 1. The van der Waals surface area contributed by atoms with Gasteiger partial charge in [-0.2, -0.15) is 13.2 Å². The number of sulfonamides is 1. The minimum absolute atomic E-state index is 0.252. The first-order valence-electron chi connectivity index (χ1n) is 4.97. The molecule has 0 aliphatic heterocycles. The molecule has 102 valence electrons. The van der Waals surface area contributed by atoms with Gasteiger partial charge in [-0.3, -0.25) is 0 Å². The summed E-state index contributed by atoms with van der Waals surface area (Å²) in [6, 6.07) is 2.94. The maximum atomic E-state index is 12.6. The number of rotatable bonds is 4. The molecule has 0 fully saturated rings. The predicted octanol–water partition coefficient (Wildman–Crippen LogP) is 1.28. The highest BCUT2D eigenvalue weighted by Gasteiger charge is 2.34. The summed E-state index contributed by atoms with van der Waals surface area (Å²) < 4.78 is 63.2. The SMILES string of the molecule is Cc1c(C(F)(F)F)cccc1S(=O)(=O)NCCO. The summed E-state index contributed by atoms with van der Waals surface area (Å²) in [6.45, 7) is 0.408. The van der Waals surface area contributed by atoms with Crippen LogP contribution in [0.25, 0.3) is 0 Å². The van der Waals surface area contributed by atoms with Crippen molar-refractivity contribution in [1.82, 2.24) is 4.72 Å². The number of hydrogen-bond acceptors (Lipinski definition) is 3. The normalized spacial score (nSPS) is 12.7. The van der Waals surface area contributed by atoms with Gasteiger partial charge in [0, 0.05) is 6.54 Å². The summed E-state index contributed by atoms with van der Waals surface area (Å²) in [5.74, 6) is 0. The molecule has 8 heteroatoms. The van der Waals surface area contributed by atoms with Crippen LogP contribution in [-0.4, -0.2) is 26.7 Å². The third-order valence-corrected chi connectivity index (χ3v) is 3.89. The largest absolute Gasteiger partial charge is 0.416 e. The fourth-order valence-corrected chi connectivity index (χ4v) is 2.76. The van der Waals surface area contributed by atoms with Crippen LogP contribution in [0.3, 0.4) is 0 Å². The molecule has 18 heavy (non-hydrogen) atoms. The Morgan fingerprint density at radius 1 is 1.33 bits per heavy atom. The molecule has 1 rings (SSSR count). The van der Waals surface area contributed by atoms with Gasteiger partial charge in [-0.25, -0.2) is 13.1 Å². The van der Waals surface area contributed by atoms with Crippen LogP contribution >= 0.6 is 0 Å². The van der Waals surface area contributed by atoms with Crippen LogP contribution in [0.4, 0.5) is 13.2 Å². The zero-order chi connectivity index (χ0) is 14.0. The summed E-state index contributed by atoms with van der Waals surface area (Å²) in [4.78, 5) is -0.439. The summed E-state index contributed by atoms with van der Waals surface area (Å²) in [5, 5.41) is 8.52. The molecule has 0 aromatic heterocycles. The lowest BCUT2D eigenvalue weighted by atomic mass is 10.1. The van der Waals surface area contributed by atoms with Crippen molar-refractivity contribution in [3.63, 3.8) is 0 Å². The van der Waals surface area contributed by atoms with Gasteiger partial charge in [0.25, 0.3) is 0 Å². The molecule has 0 radical (unpaired) electrons. The standard InChI is InChI=1S/C10H12F3NO3S/c1-7-8(10(11,12)13)3-2-4-9(7)18(16,17)14-5-6-15/h2-4,14-15H,5-6H2,1H3. The highest BCUT2D eigenvalue weighted by Crippen LogP contribution is 2.33. The van der Waals surface area contributed by atoms with E-state index in [0.717, 1.165) is 25.1 Å². The quantitative estimate of drug-likeness (QED) is 0.875. The first-order chi connectivity index (χ1) is 8.20. The Morgan fingerprint density at radius 2 is 1.94 bits per heavy atom. The van der Waals surface area contributed by atoms with Crippen LogP contribution in [-0.2, 0) is 16.2 Å². The van der Waals surface area contributed by atoms with Crippen LogP contribution in [0.15, 0.2) is 23.1 Å². The molecular formula is C10H12F3NO3S. The van der Waals surface area contributed by atoms with Crippen LogP contribution in [0.5, 0.6) is 0 Å². The number of halogens is 3. The van der Waals surface area contributed by atoms with Gasteiger partial charge in [0.15, 0.2) is 0 Å². The minimum atomic E-state index is -4.60. The van der Waals surface area contributed by atoms with Crippen molar-refractivity contribution >= 4 is 10.0 Å². The lowest BCUT2D eigenvalue weighted by Gasteiger charge is -2.14. The van der Waals surface area contributed by atoms with Crippen LogP contribution in [0.2, 0.25) is 0 Å². The van der Waals surface area contributed by atoms with E-state index in [1.807, 2.05) is 4.72 Å². The van der Waals surface area contributed by atoms with E-state index in [2.05, 4.69) is 0 Å². The number of nitrogens with one attached hydrogen (secondary N) is 1. The fraction of sp³-hybridized carbons (Fsp3) is 0.400. The van der Waals surface area contributed by atoms with Gasteiger partial charge in [0.05, 0.1) is 17.1 Å². The molecule has 2 N–H and O–H groups in total. The Labute approximate surface area is 102 Å². The second-order valence-corrected chi connectivity index (χ2v) is 5.28. The second-order valence-electron chi connectivity index (χ2n) is 3.55. The van der Waals surface area contributed by atoms with Crippen LogP contribution in [0.1, 0.15) is 11.1 Å². The molecule has 0 unspecified atom stereocenters. The smallest absolute Gasteiger partial charge is 0.395 e. The fourth-order valence-electron chi connectivity index (χ4n) is 1.47. The van der Waals surface area contributed by atoms with Crippen LogP contribution < -0.4 is 4.72 Å². The molecule has 0 atom stereocenters. The van der Waals surface area contributed by atoms with Gasteiger partial charge in [-0.15, -0.1) is 0 Å². The molecule has 0 amide bonds. The number of aliphatic hydroxyl groups is 1. The van der Waals surface area contributed by atoms with E-state index in [9.17, 15) is 21.6 Å². The van der Waals surface area contributed by atoms with E-state index in [1.165, 1.54) is 0 Å². The van der Waals surface area contributed by atoms with Crippen molar-refractivity contribution in [2.75, 3.05) is 13.2 Å². The van der Waals surface area contributed by atoms with E-state index in [-0.39, 0.29) is 12.1 Å². The Bertz CT molecular complexity index is 526. The van der Waals surface area contributed by atoms with Gasteiger partial charge in [0.2, 0.25) is 10.0 Å². The molecule has 0 aliphatic carbocycles. The third kappa shape index (κ3) is 3.21. The topological polar surface area (TPSA) is 66.4 Å². The summed E-state index contributed by atoms with van der Waals surface area (Å²) in [5.41, 5.74) is -1.36. The minimum Gasteiger partial charge on any atom is -0.395 e. The zero-order valence-electron chi connectivity index (χ0n) is 9.45. The second kappa shape index (κ2) is 5.25. The van der Waals surface area contributed by atoms with Gasteiger partial charge >= 0.3 is 6.18 Å². The average Bonchev–Trinajstić information content (AvgIpc) is 2.25. The number of aliphatic hydroxyl groups excluding tert-OH is 1. The highest BCUT2D eigenvalue weighted by molar-refractivity contribution is 7.89. The van der Waals surface area contributed by atoms with Crippen LogP contribution in [0, 0.1) is 6.92 Å². The van der Waals surface area contributed by atoms with E-state index < -0.39 is 33.3 Å². The Balaban J connectivity index is 3.28. The van der Waals surface area contributed by atoms with E-state index >= 15 is 0 Å². The Kier molecular flexibility index (Phi) is 4.36. The molecule has 0 bridgehead atoms. The Morgan fingerprint density at radius 3 is 2.44 bits per heavy atom. The molecule has 1 aromatic rings. The first-order valence-corrected chi connectivity index (χ1v) is 6.46. The number of hydrogen-bond donors (Lipinski definition) is 2. The maximum absolute atomic E-state index is 12.6. The lowest BCUT2D eigenvalue weighted by Crippen LogP contribution is -2.27. The van der Waals surface area contributed by atoms with Gasteiger partial charge in [-0.1, -0.05) is 6.07 Å². The Hall–Kier alpha value is -1.12. The van der Waals surface area contributed by atoms with Gasteiger partial charge < -0.3 is 5.11 Å². The molecule has 0 saturated heterocycles. The van der Waals surface area contributed by atoms with Gasteiger partial charge in [-0.05, 0) is 24.6 Å². The third-order valence-electron chi connectivity index (χ3n) is 2.28. The van der Waals surface area contributed by atoms with E-state index in [1.54, 1.807) is 0 Å². The van der Waals surface area contributed by atoms with E-state index in [4.69, 9.17) is 5.11 Å². The van der Waals surface area contributed by atoms with Crippen molar-refractivity contribution in [3.8, 4) is 0 Å². The maximum Gasteiger partial charge on any atom is 0.416 e. The van der Waals surface area contributed by atoms with Crippen molar-refractivity contribution in [3.05, 3.63) is 29.3 Å². The van der Waals surface area contributed by atoms with Crippen molar-refractivity contribution in [2.45, 2.75) is 18.0 Å². The monoisotopic (exact) mass is 283 g/mol. The molecule has 0 aliphatic rings. The van der Waals surface area contributed by atoms with Crippen molar-refractivity contribution < 1.29 is 26.7 Å². The first kappa shape index (κ1) is 14.9. The number of alkyl halides is 3.